The van der Waals surface area contributed by atoms with Crippen LogP contribution in [0.25, 0.3) is 0 Å². The highest BCUT2D eigenvalue weighted by atomic mass is 16.5. The summed E-state index contributed by atoms with van der Waals surface area (Å²) < 4.78 is 5.89. The van der Waals surface area contributed by atoms with Gasteiger partial charge in [0.05, 0.1) is 12.7 Å². The molecule has 1 aromatic rings. The molecule has 0 bridgehead atoms. The Morgan fingerprint density at radius 1 is 1.16 bits per heavy atom. The van der Waals surface area contributed by atoms with E-state index < -0.39 is 0 Å². The molecule has 1 aliphatic heterocycles. The molecule has 1 aliphatic carbocycles. The van der Waals surface area contributed by atoms with Crippen LogP contribution in [0.2, 0.25) is 0 Å². The van der Waals surface area contributed by atoms with Crippen LogP contribution in [0.4, 0.5) is 0 Å². The molecule has 1 heterocycles. The Hall–Kier alpha value is -1.88. The highest BCUT2D eigenvalue weighted by Crippen LogP contribution is 2.33. The summed E-state index contributed by atoms with van der Waals surface area (Å²) in [6, 6.07) is 10.2. The van der Waals surface area contributed by atoms with Crippen molar-refractivity contribution in [2.75, 3.05) is 19.6 Å². The third-order valence-corrected chi connectivity index (χ3v) is 5.34. The van der Waals surface area contributed by atoms with Crippen molar-refractivity contribution in [2.45, 2.75) is 45.3 Å². The first-order chi connectivity index (χ1) is 12.1. The van der Waals surface area contributed by atoms with Crippen LogP contribution in [0.15, 0.2) is 30.3 Å². The molecule has 1 N–H and O–H groups in total. The average Bonchev–Trinajstić information content (AvgIpc) is 2.59. The normalized spacial score (nSPS) is 23.8. The lowest BCUT2D eigenvalue weighted by atomic mass is 9.80. The summed E-state index contributed by atoms with van der Waals surface area (Å²) in [5.74, 6) is 0.941. The maximum absolute atomic E-state index is 12.6. The number of piperidine rings is 1. The summed E-state index contributed by atoms with van der Waals surface area (Å²) in [5, 5.41) is 2.88. The van der Waals surface area contributed by atoms with E-state index in [2.05, 4.69) is 17.4 Å². The second-order valence-electron chi connectivity index (χ2n) is 7.29. The fourth-order valence-electron chi connectivity index (χ4n) is 3.60. The van der Waals surface area contributed by atoms with Crippen LogP contribution in [-0.4, -0.2) is 42.5 Å². The van der Waals surface area contributed by atoms with Gasteiger partial charge in [0.25, 0.3) is 0 Å². The summed E-state index contributed by atoms with van der Waals surface area (Å²) in [6.07, 6.45) is 3.86. The molecule has 0 atom stereocenters. The van der Waals surface area contributed by atoms with E-state index in [1.165, 1.54) is 5.56 Å². The predicted octanol–water partition coefficient (Wildman–Crippen LogP) is 2.36. The Morgan fingerprint density at radius 2 is 1.84 bits per heavy atom. The molecule has 2 amide bonds. The Kier molecular flexibility index (Phi) is 6.08. The van der Waals surface area contributed by atoms with Gasteiger partial charge >= 0.3 is 0 Å². The zero-order valence-electron chi connectivity index (χ0n) is 14.9. The summed E-state index contributed by atoms with van der Waals surface area (Å²) in [5.41, 5.74) is 1.18. The zero-order chi connectivity index (χ0) is 17.6. The highest BCUT2D eigenvalue weighted by molar-refractivity contribution is 5.80. The number of ether oxygens (including phenoxy) is 1. The van der Waals surface area contributed by atoms with Crippen molar-refractivity contribution in [2.24, 2.45) is 11.8 Å². The Bertz CT molecular complexity index is 576. The highest BCUT2D eigenvalue weighted by Gasteiger charge is 2.38. The van der Waals surface area contributed by atoms with Crippen LogP contribution in [0.1, 0.15) is 38.2 Å². The zero-order valence-corrected chi connectivity index (χ0v) is 14.9. The van der Waals surface area contributed by atoms with E-state index in [4.69, 9.17) is 4.74 Å². The minimum atomic E-state index is 0.0227. The van der Waals surface area contributed by atoms with Crippen molar-refractivity contribution in [3.63, 3.8) is 0 Å². The van der Waals surface area contributed by atoms with Crippen LogP contribution in [0, 0.1) is 11.8 Å². The molecule has 136 valence electrons. The van der Waals surface area contributed by atoms with Crippen molar-refractivity contribution in [1.82, 2.24) is 10.2 Å². The number of carbonyl (C=O) groups is 2. The van der Waals surface area contributed by atoms with Crippen molar-refractivity contribution in [1.29, 1.82) is 0 Å². The summed E-state index contributed by atoms with van der Waals surface area (Å²) in [4.78, 5) is 25.6. The molecule has 1 saturated heterocycles. The van der Waals surface area contributed by atoms with Gasteiger partial charge in [0.2, 0.25) is 11.8 Å². The average molecular weight is 344 g/mol. The number of hydrogen-bond donors (Lipinski definition) is 1. The van der Waals surface area contributed by atoms with Gasteiger partial charge in [-0.2, -0.15) is 0 Å². The Morgan fingerprint density at radius 3 is 2.48 bits per heavy atom. The van der Waals surface area contributed by atoms with Crippen molar-refractivity contribution >= 4 is 11.8 Å². The van der Waals surface area contributed by atoms with Gasteiger partial charge in [-0.15, -0.1) is 0 Å². The van der Waals surface area contributed by atoms with Gasteiger partial charge in [0.15, 0.2) is 0 Å². The van der Waals surface area contributed by atoms with Crippen LogP contribution in [-0.2, 0) is 20.9 Å². The van der Waals surface area contributed by atoms with Crippen molar-refractivity contribution in [3.05, 3.63) is 35.9 Å². The largest absolute Gasteiger partial charge is 0.373 e. The fraction of sp³-hybridized carbons (Fsp3) is 0.600. The standard InChI is InChI=1S/C20H28N2O3/c1-15(23)21-13-16-7-9-22(10-8-16)20(24)18-11-19(12-18)25-14-17-5-3-2-4-6-17/h2-6,16,18-19H,7-14H2,1H3,(H,21,23). The minimum Gasteiger partial charge on any atom is -0.373 e. The number of rotatable bonds is 6. The van der Waals surface area contributed by atoms with Gasteiger partial charge in [0.1, 0.15) is 0 Å². The van der Waals surface area contributed by atoms with E-state index in [-0.39, 0.29) is 23.8 Å². The monoisotopic (exact) mass is 344 g/mol. The number of amides is 2. The molecule has 25 heavy (non-hydrogen) atoms. The topological polar surface area (TPSA) is 58.6 Å². The SMILES string of the molecule is CC(=O)NCC1CCN(C(=O)C2CC(OCc3ccccc3)C2)CC1. The quantitative estimate of drug-likeness (QED) is 0.862. The molecule has 0 radical (unpaired) electrons. The maximum atomic E-state index is 12.6. The number of carbonyl (C=O) groups excluding carboxylic acids is 2. The molecular formula is C20H28N2O3. The molecule has 0 unspecified atom stereocenters. The summed E-state index contributed by atoms with van der Waals surface area (Å²) in [7, 11) is 0. The molecule has 1 saturated carbocycles. The number of hydrogen-bond acceptors (Lipinski definition) is 3. The third kappa shape index (κ3) is 5.05. The number of nitrogens with zero attached hydrogens (tertiary/aromatic N) is 1. The van der Waals surface area contributed by atoms with E-state index in [1.54, 1.807) is 6.92 Å². The number of nitrogens with one attached hydrogen (secondary N) is 1. The molecule has 2 fully saturated rings. The summed E-state index contributed by atoms with van der Waals surface area (Å²) >= 11 is 0. The van der Waals surface area contributed by atoms with Gasteiger partial charge in [-0.3, -0.25) is 9.59 Å². The summed E-state index contributed by atoms with van der Waals surface area (Å²) in [6.45, 7) is 4.53. The second-order valence-corrected chi connectivity index (χ2v) is 7.29. The Balaban J connectivity index is 1.33. The molecule has 0 aromatic heterocycles. The lowest BCUT2D eigenvalue weighted by Crippen LogP contribution is -2.48. The van der Waals surface area contributed by atoms with Crippen LogP contribution < -0.4 is 5.32 Å². The van der Waals surface area contributed by atoms with Crippen molar-refractivity contribution < 1.29 is 14.3 Å². The molecular weight excluding hydrogens is 316 g/mol. The maximum Gasteiger partial charge on any atom is 0.225 e. The Labute approximate surface area is 149 Å². The first kappa shape index (κ1) is 17.9. The molecule has 1 aromatic carbocycles. The molecule has 5 nitrogen and oxygen atoms in total. The molecule has 5 heteroatoms. The lowest BCUT2D eigenvalue weighted by Gasteiger charge is -2.40. The molecule has 3 rings (SSSR count). The van der Waals surface area contributed by atoms with Gasteiger partial charge in [-0.05, 0) is 37.2 Å². The van der Waals surface area contributed by atoms with Gasteiger partial charge in [0, 0.05) is 32.5 Å². The van der Waals surface area contributed by atoms with Crippen molar-refractivity contribution in [3.8, 4) is 0 Å². The molecule has 2 aliphatic rings. The van der Waals surface area contributed by atoms with Gasteiger partial charge in [-0.1, -0.05) is 30.3 Å². The lowest BCUT2D eigenvalue weighted by molar-refractivity contribution is -0.146. The minimum absolute atomic E-state index is 0.0227. The third-order valence-electron chi connectivity index (χ3n) is 5.34. The molecule has 0 spiro atoms. The van der Waals surface area contributed by atoms with Crippen LogP contribution >= 0.6 is 0 Å². The predicted molar refractivity (Wildman–Crippen MR) is 95.7 cm³/mol. The van der Waals surface area contributed by atoms with E-state index in [0.29, 0.717) is 12.5 Å². The smallest absolute Gasteiger partial charge is 0.225 e. The first-order valence-corrected chi connectivity index (χ1v) is 9.30. The van der Waals surface area contributed by atoms with Crippen LogP contribution in [0.3, 0.4) is 0 Å². The number of benzene rings is 1. The van der Waals surface area contributed by atoms with Gasteiger partial charge < -0.3 is 15.0 Å². The van der Waals surface area contributed by atoms with E-state index in [0.717, 1.165) is 45.3 Å². The van der Waals surface area contributed by atoms with E-state index >= 15 is 0 Å². The number of likely N-dealkylation sites (tertiary alicyclic amines) is 1. The van der Waals surface area contributed by atoms with E-state index in [9.17, 15) is 9.59 Å². The fourth-order valence-corrected chi connectivity index (χ4v) is 3.60. The van der Waals surface area contributed by atoms with E-state index in [1.807, 2.05) is 23.1 Å². The van der Waals surface area contributed by atoms with Gasteiger partial charge in [-0.25, -0.2) is 0 Å². The second kappa shape index (κ2) is 8.48. The van der Waals surface area contributed by atoms with Crippen LogP contribution in [0.5, 0.6) is 0 Å². The first-order valence-electron chi connectivity index (χ1n) is 9.30.